The Morgan fingerprint density at radius 1 is 1.06 bits per heavy atom. The number of amides is 2. The minimum atomic E-state index is -3.84. The minimum absolute atomic E-state index is 0.0114. The number of carbonyl (C=O) groups is 3. The summed E-state index contributed by atoms with van der Waals surface area (Å²) in [4.78, 5) is 37.2. The van der Waals surface area contributed by atoms with Crippen LogP contribution in [0.25, 0.3) is 0 Å². The van der Waals surface area contributed by atoms with Crippen LogP contribution in [0.1, 0.15) is 42.9 Å². The Hall–Kier alpha value is -3.70. The first-order valence-corrected chi connectivity index (χ1v) is 12.0. The monoisotopic (exact) mass is 487 g/mol. The summed E-state index contributed by atoms with van der Waals surface area (Å²) in [6.07, 6.45) is 0. The van der Waals surface area contributed by atoms with E-state index in [1.54, 1.807) is 25.1 Å². The Morgan fingerprint density at radius 2 is 1.76 bits per heavy atom. The topological polar surface area (TPSA) is 145 Å². The van der Waals surface area contributed by atoms with E-state index in [1.807, 2.05) is 0 Å². The maximum absolute atomic E-state index is 12.8. The number of hydrogen-bond donors (Lipinski definition) is 3. The molecule has 0 bridgehead atoms. The van der Waals surface area contributed by atoms with Crippen LogP contribution in [0.4, 0.5) is 10.7 Å². The van der Waals surface area contributed by atoms with E-state index in [-0.39, 0.29) is 38.2 Å². The van der Waals surface area contributed by atoms with Gasteiger partial charge in [0.05, 0.1) is 17.1 Å². The lowest BCUT2D eigenvalue weighted by Gasteiger charge is -2.10. The van der Waals surface area contributed by atoms with Crippen molar-refractivity contribution in [3.05, 3.63) is 76.2 Å². The molecule has 4 N–H and O–H groups in total. The Bertz CT molecular complexity index is 1320. The highest BCUT2D eigenvalue weighted by Crippen LogP contribution is 2.34. The molecule has 9 nitrogen and oxygen atoms in total. The predicted octanol–water partition coefficient (Wildman–Crippen LogP) is 3.39. The van der Waals surface area contributed by atoms with E-state index in [9.17, 15) is 22.8 Å². The number of sulfonamides is 1. The quantitative estimate of drug-likeness (QED) is 0.415. The van der Waals surface area contributed by atoms with Crippen LogP contribution in [0.15, 0.2) is 59.5 Å². The molecule has 1 heterocycles. The third-order valence-corrected chi connectivity index (χ3v) is 7.10. The minimum Gasteiger partial charge on any atom is -0.462 e. The summed E-state index contributed by atoms with van der Waals surface area (Å²) < 4.78 is 32.5. The Labute approximate surface area is 194 Å². The van der Waals surface area contributed by atoms with Crippen molar-refractivity contribution in [2.24, 2.45) is 5.73 Å². The standard InChI is InChI=1S/C22H21N3O6S2/c1-3-31-22(28)18-13(2)17(19(23)26)21(32-18)24-20(27)14-8-7-9-15(12-14)25-33(29,30)16-10-5-4-6-11-16/h4-12,25H,3H2,1-2H3,(H2,23,26)(H,24,27). The van der Waals surface area contributed by atoms with Crippen molar-refractivity contribution in [1.82, 2.24) is 0 Å². The number of thiophene rings is 1. The molecule has 0 aliphatic carbocycles. The summed E-state index contributed by atoms with van der Waals surface area (Å²) in [5.41, 5.74) is 6.08. The molecule has 0 radical (unpaired) electrons. The number of hydrogen-bond acceptors (Lipinski definition) is 7. The zero-order valence-corrected chi connectivity index (χ0v) is 19.4. The number of ether oxygens (including phenoxy) is 1. The molecule has 172 valence electrons. The van der Waals surface area contributed by atoms with E-state index in [2.05, 4.69) is 10.0 Å². The number of primary amides is 1. The van der Waals surface area contributed by atoms with Crippen LogP contribution in [0.2, 0.25) is 0 Å². The smallest absolute Gasteiger partial charge is 0.348 e. The van der Waals surface area contributed by atoms with Gasteiger partial charge in [0, 0.05) is 11.3 Å². The van der Waals surface area contributed by atoms with Crippen molar-refractivity contribution in [3.63, 3.8) is 0 Å². The average Bonchev–Trinajstić information content (AvgIpc) is 3.10. The maximum Gasteiger partial charge on any atom is 0.348 e. The molecule has 0 unspecified atom stereocenters. The normalized spacial score (nSPS) is 11.0. The SMILES string of the molecule is CCOC(=O)c1sc(NC(=O)c2cccc(NS(=O)(=O)c3ccccc3)c2)c(C(N)=O)c1C. The maximum atomic E-state index is 12.8. The second-order valence-electron chi connectivity index (χ2n) is 6.80. The first kappa shape index (κ1) is 24.0. The zero-order chi connectivity index (χ0) is 24.2. The van der Waals surface area contributed by atoms with Gasteiger partial charge in [-0.2, -0.15) is 0 Å². The number of nitrogens with one attached hydrogen (secondary N) is 2. The second-order valence-corrected chi connectivity index (χ2v) is 9.50. The van der Waals surface area contributed by atoms with Gasteiger partial charge in [0.25, 0.3) is 21.8 Å². The van der Waals surface area contributed by atoms with Crippen LogP contribution in [0.3, 0.4) is 0 Å². The van der Waals surface area contributed by atoms with E-state index in [0.717, 1.165) is 11.3 Å². The van der Waals surface area contributed by atoms with Crippen LogP contribution in [0.5, 0.6) is 0 Å². The van der Waals surface area contributed by atoms with Crippen molar-refractivity contribution in [2.75, 3.05) is 16.6 Å². The van der Waals surface area contributed by atoms with E-state index >= 15 is 0 Å². The van der Waals surface area contributed by atoms with Crippen molar-refractivity contribution in [3.8, 4) is 0 Å². The summed E-state index contributed by atoms with van der Waals surface area (Å²) in [7, 11) is -3.84. The van der Waals surface area contributed by atoms with Gasteiger partial charge in [0.2, 0.25) is 0 Å². The van der Waals surface area contributed by atoms with Gasteiger partial charge < -0.3 is 15.8 Å². The highest BCUT2D eigenvalue weighted by Gasteiger charge is 2.25. The molecule has 3 aromatic rings. The lowest BCUT2D eigenvalue weighted by atomic mass is 10.1. The fourth-order valence-corrected chi connectivity index (χ4v) is 5.17. The molecule has 3 rings (SSSR count). The fraction of sp³-hybridized carbons (Fsp3) is 0.136. The molecule has 0 saturated heterocycles. The molecule has 0 spiro atoms. The highest BCUT2D eigenvalue weighted by atomic mass is 32.2. The molecular formula is C22H21N3O6S2. The lowest BCUT2D eigenvalue weighted by Crippen LogP contribution is -2.18. The molecule has 2 amide bonds. The third-order valence-electron chi connectivity index (χ3n) is 4.51. The van der Waals surface area contributed by atoms with Crippen LogP contribution in [-0.4, -0.2) is 32.8 Å². The van der Waals surface area contributed by atoms with Crippen molar-refractivity contribution in [2.45, 2.75) is 18.7 Å². The molecule has 1 aromatic heterocycles. The molecule has 0 aliphatic rings. The summed E-state index contributed by atoms with van der Waals surface area (Å²) in [6, 6.07) is 13.6. The zero-order valence-electron chi connectivity index (χ0n) is 17.7. The van der Waals surface area contributed by atoms with E-state index in [0.29, 0.717) is 5.56 Å². The van der Waals surface area contributed by atoms with Crippen molar-refractivity contribution in [1.29, 1.82) is 0 Å². The summed E-state index contributed by atoms with van der Waals surface area (Å²) in [6.45, 7) is 3.34. The van der Waals surface area contributed by atoms with Crippen molar-refractivity contribution >= 4 is 49.8 Å². The fourth-order valence-electron chi connectivity index (χ4n) is 3.00. The number of anilines is 2. The Kier molecular flexibility index (Phi) is 7.14. The van der Waals surface area contributed by atoms with E-state index in [1.165, 1.54) is 43.3 Å². The number of nitrogens with two attached hydrogens (primary N) is 1. The molecular weight excluding hydrogens is 466 g/mol. The van der Waals surface area contributed by atoms with Gasteiger partial charge in [-0.05, 0) is 49.7 Å². The van der Waals surface area contributed by atoms with Gasteiger partial charge in [-0.25, -0.2) is 13.2 Å². The summed E-state index contributed by atoms with van der Waals surface area (Å²) >= 11 is 0.878. The summed E-state index contributed by atoms with van der Waals surface area (Å²) in [5, 5.41) is 2.68. The molecule has 33 heavy (non-hydrogen) atoms. The number of carbonyl (C=O) groups excluding carboxylic acids is 3. The molecule has 0 saturated carbocycles. The van der Waals surface area contributed by atoms with Gasteiger partial charge in [0.1, 0.15) is 9.88 Å². The van der Waals surface area contributed by atoms with Gasteiger partial charge in [-0.15, -0.1) is 11.3 Å². The Balaban J connectivity index is 1.87. The molecule has 0 atom stereocenters. The number of esters is 1. The first-order valence-electron chi connectivity index (χ1n) is 9.73. The number of rotatable bonds is 8. The van der Waals surface area contributed by atoms with Crippen LogP contribution in [-0.2, 0) is 14.8 Å². The molecule has 2 aromatic carbocycles. The van der Waals surface area contributed by atoms with Gasteiger partial charge in [-0.3, -0.25) is 14.3 Å². The second kappa shape index (κ2) is 9.84. The molecule has 0 fully saturated rings. The summed E-state index contributed by atoms with van der Waals surface area (Å²) in [5.74, 6) is -2.05. The van der Waals surface area contributed by atoms with Crippen molar-refractivity contribution < 1.29 is 27.5 Å². The van der Waals surface area contributed by atoms with Crippen LogP contribution in [0, 0.1) is 6.92 Å². The van der Waals surface area contributed by atoms with Crippen LogP contribution >= 0.6 is 11.3 Å². The molecule has 11 heteroatoms. The van der Waals surface area contributed by atoms with Gasteiger partial charge in [0.15, 0.2) is 0 Å². The van der Waals surface area contributed by atoms with Gasteiger partial charge >= 0.3 is 5.97 Å². The van der Waals surface area contributed by atoms with Gasteiger partial charge in [-0.1, -0.05) is 24.3 Å². The van der Waals surface area contributed by atoms with Crippen LogP contribution < -0.4 is 15.8 Å². The first-order chi connectivity index (χ1) is 15.6. The largest absolute Gasteiger partial charge is 0.462 e. The predicted molar refractivity (Wildman–Crippen MR) is 125 cm³/mol. The molecule has 0 aliphatic heterocycles. The number of benzene rings is 2. The van der Waals surface area contributed by atoms with E-state index < -0.39 is 27.8 Å². The highest BCUT2D eigenvalue weighted by molar-refractivity contribution is 7.92. The average molecular weight is 488 g/mol. The lowest BCUT2D eigenvalue weighted by molar-refractivity contribution is 0.0531. The third kappa shape index (κ3) is 5.38. The Morgan fingerprint density at radius 3 is 2.39 bits per heavy atom. The van der Waals surface area contributed by atoms with E-state index in [4.69, 9.17) is 10.5 Å².